The minimum absolute atomic E-state index is 0.301. The van der Waals surface area contributed by atoms with Crippen molar-refractivity contribution in [1.29, 1.82) is 5.26 Å². The minimum atomic E-state index is -0.827. The fourth-order valence-corrected chi connectivity index (χ4v) is 2.01. The van der Waals surface area contributed by atoms with Crippen LogP contribution in [0.2, 0.25) is 0 Å². The summed E-state index contributed by atoms with van der Waals surface area (Å²) in [7, 11) is 1.47. The Bertz CT molecular complexity index is 796. The Balaban J connectivity index is 2.11. The van der Waals surface area contributed by atoms with Crippen LogP contribution in [0.4, 0.5) is 5.69 Å². The molecule has 122 valence electrons. The van der Waals surface area contributed by atoms with Gasteiger partial charge in [-0.05, 0) is 43.3 Å². The van der Waals surface area contributed by atoms with Crippen LogP contribution < -0.4 is 14.8 Å². The fourth-order valence-electron chi connectivity index (χ4n) is 2.01. The van der Waals surface area contributed by atoms with Gasteiger partial charge in [0, 0.05) is 11.3 Å². The third-order valence-corrected chi connectivity index (χ3v) is 3.26. The monoisotopic (exact) mass is 324 g/mol. The van der Waals surface area contributed by atoms with E-state index in [0.29, 0.717) is 34.6 Å². The number of nitrogens with one attached hydrogen (secondary N) is 1. The largest absolute Gasteiger partial charge is 0.493 e. The summed E-state index contributed by atoms with van der Waals surface area (Å²) in [6.07, 6.45) is -0.142. The van der Waals surface area contributed by atoms with E-state index in [-0.39, 0.29) is 5.91 Å². The van der Waals surface area contributed by atoms with Crippen molar-refractivity contribution in [2.45, 2.75) is 13.0 Å². The molecule has 1 amide bonds. The molecule has 2 rings (SSSR count). The first-order valence-electron chi connectivity index (χ1n) is 7.18. The van der Waals surface area contributed by atoms with Crippen molar-refractivity contribution in [3.8, 4) is 17.6 Å². The molecule has 0 spiro atoms. The van der Waals surface area contributed by atoms with Crippen molar-refractivity contribution in [3.05, 3.63) is 53.6 Å². The van der Waals surface area contributed by atoms with Crippen LogP contribution in [0.15, 0.2) is 42.5 Å². The van der Waals surface area contributed by atoms with Crippen molar-refractivity contribution < 1.29 is 19.1 Å². The summed E-state index contributed by atoms with van der Waals surface area (Å²) in [6, 6.07) is 13.3. The second kappa shape index (κ2) is 7.79. The lowest BCUT2D eigenvalue weighted by Crippen LogP contribution is -2.30. The number of anilines is 1. The van der Waals surface area contributed by atoms with Gasteiger partial charge >= 0.3 is 0 Å². The summed E-state index contributed by atoms with van der Waals surface area (Å²) in [4.78, 5) is 23.1. The smallest absolute Gasteiger partial charge is 0.265 e. The average molecular weight is 324 g/mol. The van der Waals surface area contributed by atoms with E-state index in [1.807, 2.05) is 6.07 Å². The molecule has 1 atom stereocenters. The molecule has 0 aliphatic carbocycles. The minimum Gasteiger partial charge on any atom is -0.493 e. The van der Waals surface area contributed by atoms with Gasteiger partial charge in [-0.25, -0.2) is 0 Å². The number of nitrogens with zero attached hydrogens (tertiary/aromatic N) is 1. The number of aldehydes is 1. The highest BCUT2D eigenvalue weighted by Gasteiger charge is 2.17. The van der Waals surface area contributed by atoms with Crippen molar-refractivity contribution >= 4 is 17.9 Å². The molecule has 0 bridgehead atoms. The lowest BCUT2D eigenvalue weighted by molar-refractivity contribution is -0.122. The maximum atomic E-state index is 12.2. The van der Waals surface area contributed by atoms with E-state index in [4.69, 9.17) is 14.7 Å². The first-order chi connectivity index (χ1) is 11.6. The number of carbonyl (C=O) groups is 2. The number of methoxy groups -OCH3 is 1. The molecular formula is C18H16N2O4. The predicted octanol–water partition coefficient (Wildman–Crippen LogP) is 2.79. The third kappa shape index (κ3) is 4.11. The Morgan fingerprint density at radius 2 is 2.04 bits per heavy atom. The second-order valence-electron chi connectivity index (χ2n) is 4.97. The zero-order valence-corrected chi connectivity index (χ0v) is 13.3. The number of amides is 1. The van der Waals surface area contributed by atoms with Gasteiger partial charge in [-0.2, -0.15) is 5.26 Å². The highest BCUT2D eigenvalue weighted by atomic mass is 16.5. The number of hydrogen-bond donors (Lipinski definition) is 1. The van der Waals surface area contributed by atoms with Gasteiger partial charge in [0.2, 0.25) is 0 Å². The number of rotatable bonds is 6. The van der Waals surface area contributed by atoms with Gasteiger partial charge in [-0.3, -0.25) is 9.59 Å². The van der Waals surface area contributed by atoms with Gasteiger partial charge in [0.25, 0.3) is 5.91 Å². The quantitative estimate of drug-likeness (QED) is 0.825. The molecule has 0 unspecified atom stereocenters. The number of benzene rings is 2. The summed E-state index contributed by atoms with van der Waals surface area (Å²) in [6.45, 7) is 1.58. The van der Waals surface area contributed by atoms with Gasteiger partial charge in [-0.15, -0.1) is 0 Å². The normalized spacial score (nSPS) is 11.0. The van der Waals surface area contributed by atoms with Crippen LogP contribution in [0, 0.1) is 11.3 Å². The van der Waals surface area contributed by atoms with Crippen molar-refractivity contribution in [2.24, 2.45) is 0 Å². The molecule has 6 heteroatoms. The van der Waals surface area contributed by atoms with Gasteiger partial charge < -0.3 is 14.8 Å². The van der Waals surface area contributed by atoms with Gasteiger partial charge in [0.05, 0.1) is 18.7 Å². The number of hydrogen-bond acceptors (Lipinski definition) is 5. The fraction of sp³-hybridized carbons (Fsp3) is 0.167. The highest BCUT2D eigenvalue weighted by molar-refractivity contribution is 5.94. The summed E-state index contributed by atoms with van der Waals surface area (Å²) >= 11 is 0. The topological polar surface area (TPSA) is 88.4 Å². The number of nitriles is 1. The van der Waals surface area contributed by atoms with Crippen LogP contribution >= 0.6 is 0 Å². The third-order valence-electron chi connectivity index (χ3n) is 3.26. The van der Waals surface area contributed by atoms with E-state index in [2.05, 4.69) is 5.32 Å². The maximum absolute atomic E-state index is 12.2. The summed E-state index contributed by atoms with van der Waals surface area (Å²) in [5.41, 5.74) is 1.37. The van der Waals surface area contributed by atoms with E-state index in [1.165, 1.54) is 13.2 Å². The molecule has 0 fully saturated rings. The van der Waals surface area contributed by atoms with Crippen LogP contribution in [-0.2, 0) is 4.79 Å². The summed E-state index contributed by atoms with van der Waals surface area (Å²) in [5.74, 6) is 0.339. The number of carbonyl (C=O) groups excluding carboxylic acids is 2. The first kappa shape index (κ1) is 17.0. The SMILES string of the molecule is COc1ccc(C=O)cc1O[C@H](C)C(=O)Nc1cccc(C#N)c1. The number of ether oxygens (including phenoxy) is 2. The lowest BCUT2D eigenvalue weighted by Gasteiger charge is -2.17. The van der Waals surface area contributed by atoms with Crippen LogP contribution in [-0.4, -0.2) is 25.4 Å². The standard InChI is InChI=1S/C18H16N2O4/c1-12(18(22)20-15-5-3-4-13(8-15)10-19)24-17-9-14(11-21)6-7-16(17)23-2/h3-9,11-12H,1-2H3,(H,20,22)/t12-/m1/s1. The molecule has 0 aliphatic rings. The first-order valence-corrected chi connectivity index (χ1v) is 7.18. The summed E-state index contributed by atoms with van der Waals surface area (Å²) in [5, 5.41) is 11.6. The molecule has 0 saturated carbocycles. The van der Waals surface area contributed by atoms with Crippen LogP contribution in [0.3, 0.4) is 0 Å². The van der Waals surface area contributed by atoms with E-state index in [9.17, 15) is 9.59 Å². The molecule has 0 aromatic heterocycles. The van der Waals surface area contributed by atoms with E-state index in [0.717, 1.165) is 0 Å². The molecule has 0 heterocycles. The highest BCUT2D eigenvalue weighted by Crippen LogP contribution is 2.28. The lowest BCUT2D eigenvalue weighted by atomic mass is 10.2. The molecule has 1 N–H and O–H groups in total. The molecule has 2 aromatic rings. The molecule has 6 nitrogen and oxygen atoms in total. The molecule has 0 saturated heterocycles. The van der Waals surface area contributed by atoms with Crippen molar-refractivity contribution in [1.82, 2.24) is 0 Å². The second-order valence-corrected chi connectivity index (χ2v) is 4.97. The Labute approximate surface area is 139 Å². The Hall–Kier alpha value is -3.33. The van der Waals surface area contributed by atoms with Gasteiger partial charge in [0.15, 0.2) is 17.6 Å². The van der Waals surface area contributed by atoms with Crippen LogP contribution in [0.25, 0.3) is 0 Å². The van der Waals surface area contributed by atoms with E-state index in [1.54, 1.807) is 43.3 Å². The molecule has 0 radical (unpaired) electrons. The molecular weight excluding hydrogens is 308 g/mol. The zero-order chi connectivity index (χ0) is 17.5. The van der Waals surface area contributed by atoms with Crippen LogP contribution in [0.5, 0.6) is 11.5 Å². The maximum Gasteiger partial charge on any atom is 0.265 e. The zero-order valence-electron chi connectivity index (χ0n) is 13.3. The molecule has 24 heavy (non-hydrogen) atoms. The average Bonchev–Trinajstić information content (AvgIpc) is 2.61. The Morgan fingerprint density at radius 3 is 2.71 bits per heavy atom. The molecule has 2 aromatic carbocycles. The predicted molar refractivity (Wildman–Crippen MR) is 88.3 cm³/mol. The van der Waals surface area contributed by atoms with E-state index < -0.39 is 6.10 Å². The van der Waals surface area contributed by atoms with E-state index >= 15 is 0 Å². The van der Waals surface area contributed by atoms with Crippen molar-refractivity contribution in [3.63, 3.8) is 0 Å². The van der Waals surface area contributed by atoms with Crippen LogP contribution in [0.1, 0.15) is 22.8 Å². The van der Waals surface area contributed by atoms with Gasteiger partial charge in [0.1, 0.15) is 6.29 Å². The Morgan fingerprint density at radius 1 is 1.25 bits per heavy atom. The Kier molecular flexibility index (Phi) is 5.53. The molecule has 0 aliphatic heterocycles. The summed E-state index contributed by atoms with van der Waals surface area (Å²) < 4.78 is 10.8. The van der Waals surface area contributed by atoms with Gasteiger partial charge in [-0.1, -0.05) is 6.07 Å². The van der Waals surface area contributed by atoms with Crippen molar-refractivity contribution in [2.75, 3.05) is 12.4 Å².